The first kappa shape index (κ1) is 27.4. The van der Waals surface area contributed by atoms with Crippen molar-refractivity contribution in [3.8, 4) is 0 Å². The maximum atomic E-state index is 13.4. The highest BCUT2D eigenvalue weighted by Gasteiger charge is 2.32. The highest BCUT2D eigenvalue weighted by molar-refractivity contribution is 7.89. The summed E-state index contributed by atoms with van der Waals surface area (Å²) in [5, 5.41) is 3.46. The Balaban J connectivity index is 1.26. The lowest BCUT2D eigenvalue weighted by Gasteiger charge is -2.39. The van der Waals surface area contributed by atoms with Crippen molar-refractivity contribution >= 4 is 44.8 Å². The lowest BCUT2D eigenvalue weighted by Crippen LogP contribution is -2.49. The molecule has 1 aliphatic heterocycles. The molecule has 0 radical (unpaired) electrons. The van der Waals surface area contributed by atoms with Gasteiger partial charge in [-0.2, -0.15) is 4.31 Å². The number of hydrogen-bond acceptors (Lipinski definition) is 4. The molecular formula is C30H27Cl2N3O3S. The van der Waals surface area contributed by atoms with E-state index in [-0.39, 0.29) is 10.9 Å². The normalized spacial score (nSPS) is 14.8. The van der Waals surface area contributed by atoms with Gasteiger partial charge in [0.1, 0.15) is 0 Å². The van der Waals surface area contributed by atoms with E-state index in [2.05, 4.69) is 34.5 Å². The molecule has 0 aliphatic carbocycles. The number of anilines is 1. The molecule has 1 aliphatic rings. The van der Waals surface area contributed by atoms with Crippen molar-refractivity contribution in [3.05, 3.63) is 130 Å². The van der Waals surface area contributed by atoms with Gasteiger partial charge in [0.15, 0.2) is 0 Å². The van der Waals surface area contributed by atoms with E-state index in [1.54, 1.807) is 18.2 Å². The molecule has 1 saturated heterocycles. The molecule has 1 N–H and O–H groups in total. The zero-order chi connectivity index (χ0) is 27.4. The molecule has 0 bridgehead atoms. The molecule has 200 valence electrons. The number of amides is 1. The van der Waals surface area contributed by atoms with Gasteiger partial charge in [0, 0.05) is 47.5 Å². The van der Waals surface area contributed by atoms with Crippen molar-refractivity contribution < 1.29 is 13.2 Å². The Bertz CT molecular complexity index is 1480. The summed E-state index contributed by atoms with van der Waals surface area (Å²) in [5.74, 6) is -0.391. The second-order valence-electron chi connectivity index (χ2n) is 9.30. The van der Waals surface area contributed by atoms with Gasteiger partial charge < -0.3 is 5.32 Å². The number of piperazine rings is 1. The Hall–Kier alpha value is -3.20. The van der Waals surface area contributed by atoms with E-state index in [0.29, 0.717) is 47.5 Å². The molecule has 0 aromatic heterocycles. The van der Waals surface area contributed by atoms with E-state index >= 15 is 0 Å². The van der Waals surface area contributed by atoms with Gasteiger partial charge in [-0.3, -0.25) is 9.69 Å². The summed E-state index contributed by atoms with van der Waals surface area (Å²) in [4.78, 5) is 15.1. The summed E-state index contributed by atoms with van der Waals surface area (Å²) >= 11 is 12.0. The number of benzene rings is 4. The third-order valence-electron chi connectivity index (χ3n) is 6.74. The molecule has 1 heterocycles. The maximum Gasteiger partial charge on any atom is 0.255 e. The fraction of sp³-hybridized carbons (Fsp3) is 0.167. The monoisotopic (exact) mass is 579 g/mol. The summed E-state index contributed by atoms with van der Waals surface area (Å²) in [6.45, 7) is 1.97. The molecule has 39 heavy (non-hydrogen) atoms. The molecule has 5 rings (SSSR count). The number of sulfonamides is 1. The van der Waals surface area contributed by atoms with Crippen LogP contribution in [0.3, 0.4) is 0 Å². The number of carbonyl (C=O) groups is 1. The third-order valence-corrected chi connectivity index (χ3v) is 9.09. The van der Waals surface area contributed by atoms with E-state index in [1.165, 1.54) is 39.7 Å². The number of hydrogen-bond donors (Lipinski definition) is 1. The Morgan fingerprint density at radius 1 is 0.718 bits per heavy atom. The molecular weight excluding hydrogens is 553 g/mol. The number of carbonyl (C=O) groups excluding carboxylic acids is 1. The van der Waals surface area contributed by atoms with Crippen LogP contribution in [0.5, 0.6) is 0 Å². The van der Waals surface area contributed by atoms with Crippen LogP contribution in [0.15, 0.2) is 108 Å². The van der Waals surface area contributed by atoms with Crippen molar-refractivity contribution in [1.29, 1.82) is 0 Å². The fourth-order valence-electron chi connectivity index (χ4n) is 4.83. The lowest BCUT2D eigenvalue weighted by molar-refractivity contribution is 0.102. The van der Waals surface area contributed by atoms with Crippen molar-refractivity contribution in [3.63, 3.8) is 0 Å². The third kappa shape index (κ3) is 6.35. The van der Waals surface area contributed by atoms with E-state index in [4.69, 9.17) is 23.2 Å². The lowest BCUT2D eigenvalue weighted by atomic mass is 9.96. The van der Waals surface area contributed by atoms with Gasteiger partial charge >= 0.3 is 0 Å². The van der Waals surface area contributed by atoms with Gasteiger partial charge in [-0.15, -0.1) is 0 Å². The summed E-state index contributed by atoms with van der Waals surface area (Å²) in [7, 11) is -3.69. The second kappa shape index (κ2) is 11.9. The Morgan fingerprint density at radius 2 is 1.23 bits per heavy atom. The standard InChI is InChI=1S/C30H27Cl2N3O3S/c31-25-19-24(20-26(32)21-25)30(36)33-27-11-13-28(14-12-27)39(37,38)35-17-15-34(16-18-35)29(22-7-3-1-4-8-22)23-9-5-2-6-10-23/h1-14,19-21,29H,15-18H2,(H,33,36). The minimum absolute atomic E-state index is 0.0505. The molecule has 0 unspecified atom stereocenters. The van der Waals surface area contributed by atoms with Crippen LogP contribution in [0.1, 0.15) is 27.5 Å². The average Bonchev–Trinajstić information content (AvgIpc) is 2.94. The Kier molecular flexibility index (Phi) is 8.35. The molecule has 1 amide bonds. The van der Waals surface area contributed by atoms with Crippen LogP contribution in [0.25, 0.3) is 0 Å². The molecule has 4 aromatic rings. The highest BCUT2D eigenvalue weighted by atomic mass is 35.5. The van der Waals surface area contributed by atoms with Crippen molar-refractivity contribution in [2.24, 2.45) is 0 Å². The summed E-state index contributed by atoms with van der Waals surface area (Å²) in [5.41, 5.74) is 3.13. The molecule has 4 aromatic carbocycles. The summed E-state index contributed by atoms with van der Waals surface area (Å²) < 4.78 is 28.4. The number of nitrogens with zero attached hydrogens (tertiary/aromatic N) is 2. The molecule has 9 heteroatoms. The SMILES string of the molecule is O=C(Nc1ccc(S(=O)(=O)N2CCN(C(c3ccccc3)c3ccccc3)CC2)cc1)c1cc(Cl)cc(Cl)c1. The van der Waals surface area contributed by atoms with E-state index in [9.17, 15) is 13.2 Å². The van der Waals surface area contributed by atoms with Gasteiger partial charge in [0.05, 0.1) is 10.9 Å². The second-order valence-corrected chi connectivity index (χ2v) is 12.1. The maximum absolute atomic E-state index is 13.4. The summed E-state index contributed by atoms with van der Waals surface area (Å²) in [6, 6.07) is 31.4. The average molecular weight is 581 g/mol. The minimum Gasteiger partial charge on any atom is -0.322 e. The van der Waals surface area contributed by atoms with Crippen LogP contribution in [-0.2, 0) is 10.0 Å². The quantitative estimate of drug-likeness (QED) is 0.277. The largest absolute Gasteiger partial charge is 0.322 e. The van der Waals surface area contributed by atoms with E-state index < -0.39 is 15.9 Å². The zero-order valence-electron chi connectivity index (χ0n) is 21.0. The number of nitrogens with one attached hydrogen (secondary N) is 1. The van der Waals surface area contributed by atoms with Crippen LogP contribution < -0.4 is 5.32 Å². The van der Waals surface area contributed by atoms with Gasteiger partial charge in [-0.1, -0.05) is 83.9 Å². The molecule has 0 atom stereocenters. The van der Waals surface area contributed by atoms with E-state index in [0.717, 1.165) is 0 Å². The highest BCUT2D eigenvalue weighted by Crippen LogP contribution is 2.30. The first-order valence-corrected chi connectivity index (χ1v) is 14.7. The first-order valence-electron chi connectivity index (χ1n) is 12.5. The van der Waals surface area contributed by atoms with Crippen molar-refractivity contribution in [2.45, 2.75) is 10.9 Å². The van der Waals surface area contributed by atoms with Crippen LogP contribution in [0, 0.1) is 0 Å². The molecule has 0 spiro atoms. The first-order chi connectivity index (χ1) is 18.8. The van der Waals surface area contributed by atoms with Gasteiger partial charge in [0.2, 0.25) is 10.0 Å². The van der Waals surface area contributed by atoms with Crippen LogP contribution >= 0.6 is 23.2 Å². The number of rotatable bonds is 7. The molecule has 1 fully saturated rings. The molecule has 6 nitrogen and oxygen atoms in total. The van der Waals surface area contributed by atoms with Crippen LogP contribution in [0.2, 0.25) is 10.0 Å². The van der Waals surface area contributed by atoms with Crippen molar-refractivity contribution in [2.75, 3.05) is 31.5 Å². The topological polar surface area (TPSA) is 69.7 Å². The van der Waals surface area contributed by atoms with Gasteiger partial charge in [0.25, 0.3) is 5.91 Å². The predicted molar refractivity (Wildman–Crippen MR) is 156 cm³/mol. The summed E-state index contributed by atoms with van der Waals surface area (Å²) in [6.07, 6.45) is 0. The smallest absolute Gasteiger partial charge is 0.255 e. The Morgan fingerprint density at radius 3 is 1.74 bits per heavy atom. The predicted octanol–water partition coefficient (Wildman–Crippen LogP) is 6.34. The molecule has 0 saturated carbocycles. The Labute approximate surface area is 238 Å². The minimum atomic E-state index is -3.69. The van der Waals surface area contributed by atoms with Crippen LogP contribution in [-0.4, -0.2) is 49.7 Å². The fourth-order valence-corrected chi connectivity index (χ4v) is 6.78. The number of halogens is 2. The van der Waals surface area contributed by atoms with Crippen LogP contribution in [0.4, 0.5) is 5.69 Å². The zero-order valence-corrected chi connectivity index (χ0v) is 23.3. The van der Waals surface area contributed by atoms with Crippen molar-refractivity contribution in [1.82, 2.24) is 9.21 Å². The van der Waals surface area contributed by atoms with Gasteiger partial charge in [-0.05, 0) is 53.6 Å². The van der Waals surface area contributed by atoms with Gasteiger partial charge in [-0.25, -0.2) is 8.42 Å². The van der Waals surface area contributed by atoms with E-state index in [1.807, 2.05) is 36.4 Å².